The van der Waals surface area contributed by atoms with Crippen molar-refractivity contribution in [1.82, 2.24) is 10.6 Å². The number of hydrogen-bond acceptors (Lipinski definition) is 4. The average Bonchev–Trinajstić information content (AvgIpc) is 2.98. The van der Waals surface area contributed by atoms with Gasteiger partial charge in [0.15, 0.2) is 0 Å². The first kappa shape index (κ1) is 17.0. The minimum atomic E-state index is -0.299. The summed E-state index contributed by atoms with van der Waals surface area (Å²) in [6.07, 6.45) is 0. The topological polar surface area (TPSA) is 67.4 Å². The number of hydrogen-bond donors (Lipinski definition) is 2. The molecule has 1 aromatic heterocycles. The summed E-state index contributed by atoms with van der Waals surface area (Å²) < 4.78 is 5.56. The molecule has 0 atom stereocenters. The van der Waals surface area contributed by atoms with Gasteiger partial charge < -0.3 is 15.4 Å². The molecule has 2 amide bonds. The van der Waals surface area contributed by atoms with Crippen LogP contribution in [0, 0.1) is 0 Å². The molecule has 0 radical (unpaired) electrons. The minimum absolute atomic E-state index is 0.0448. The monoisotopic (exact) mass is 332 g/mol. The molecule has 2 rings (SSSR count). The Balaban J connectivity index is 2.18. The highest BCUT2D eigenvalue weighted by Crippen LogP contribution is 2.36. The summed E-state index contributed by atoms with van der Waals surface area (Å²) in [4.78, 5) is 25.2. The van der Waals surface area contributed by atoms with Crippen molar-refractivity contribution in [2.24, 2.45) is 0 Å². The van der Waals surface area contributed by atoms with Crippen LogP contribution in [0.1, 0.15) is 23.5 Å². The first-order chi connectivity index (χ1) is 11.2. The molecular formula is C17H20N2O3S. The maximum Gasteiger partial charge on any atom is 0.265 e. The number of carbonyl (C=O) groups is 2. The molecule has 0 unspecified atom stereocenters. The highest BCUT2D eigenvalue weighted by molar-refractivity contribution is 7.17. The molecule has 0 aliphatic heterocycles. The Kier molecular flexibility index (Phi) is 6.17. The molecule has 1 heterocycles. The zero-order valence-electron chi connectivity index (χ0n) is 13.2. The molecule has 0 aliphatic rings. The van der Waals surface area contributed by atoms with Gasteiger partial charge in [-0.25, -0.2) is 0 Å². The Hall–Kier alpha value is -2.34. The number of ether oxygens (including phenoxy) is 1. The minimum Gasteiger partial charge on any atom is -0.492 e. The van der Waals surface area contributed by atoms with Crippen molar-refractivity contribution < 1.29 is 14.3 Å². The van der Waals surface area contributed by atoms with E-state index in [9.17, 15) is 9.59 Å². The summed E-state index contributed by atoms with van der Waals surface area (Å²) in [6.45, 7) is 4.67. The lowest BCUT2D eigenvalue weighted by Gasteiger charge is -2.06. The van der Waals surface area contributed by atoms with E-state index in [2.05, 4.69) is 10.6 Å². The third-order valence-corrected chi connectivity index (χ3v) is 4.21. The fourth-order valence-corrected chi connectivity index (χ4v) is 3.06. The average molecular weight is 332 g/mol. The van der Waals surface area contributed by atoms with Crippen LogP contribution >= 0.6 is 11.3 Å². The van der Waals surface area contributed by atoms with Gasteiger partial charge in [-0.15, -0.1) is 11.3 Å². The van der Waals surface area contributed by atoms with Crippen LogP contribution in [0.5, 0.6) is 5.75 Å². The fraction of sp³-hybridized carbons (Fsp3) is 0.294. The SMILES string of the molecule is CCNC(=O)CNC(=O)c1sc(-c2ccccc2)cc1OCC. The maximum absolute atomic E-state index is 12.3. The van der Waals surface area contributed by atoms with Crippen LogP contribution in [-0.4, -0.2) is 31.5 Å². The molecule has 6 heteroatoms. The van der Waals surface area contributed by atoms with E-state index >= 15 is 0 Å². The number of nitrogens with one attached hydrogen (secondary N) is 2. The molecule has 0 spiro atoms. The lowest BCUT2D eigenvalue weighted by Crippen LogP contribution is -2.36. The number of likely N-dealkylation sites (N-methyl/N-ethyl adjacent to an activating group) is 1. The Morgan fingerprint density at radius 3 is 2.52 bits per heavy atom. The summed E-state index contributed by atoms with van der Waals surface area (Å²) in [5.74, 6) is 0.0373. The zero-order chi connectivity index (χ0) is 16.7. The third-order valence-electron chi connectivity index (χ3n) is 3.05. The molecule has 2 N–H and O–H groups in total. The second-order valence-electron chi connectivity index (χ2n) is 4.74. The van der Waals surface area contributed by atoms with E-state index in [1.54, 1.807) is 0 Å². The van der Waals surface area contributed by atoms with Crippen molar-refractivity contribution in [3.8, 4) is 16.2 Å². The highest BCUT2D eigenvalue weighted by atomic mass is 32.1. The Labute approximate surface area is 139 Å². The fourth-order valence-electron chi connectivity index (χ4n) is 2.04. The van der Waals surface area contributed by atoms with E-state index < -0.39 is 0 Å². The van der Waals surface area contributed by atoms with Gasteiger partial charge in [0.05, 0.1) is 13.2 Å². The summed E-state index contributed by atoms with van der Waals surface area (Å²) >= 11 is 1.36. The zero-order valence-corrected chi connectivity index (χ0v) is 14.0. The van der Waals surface area contributed by atoms with Crippen LogP contribution in [0.25, 0.3) is 10.4 Å². The van der Waals surface area contributed by atoms with Gasteiger partial charge in [-0.2, -0.15) is 0 Å². The van der Waals surface area contributed by atoms with Crippen LogP contribution in [0.3, 0.4) is 0 Å². The second kappa shape index (κ2) is 8.33. The van der Waals surface area contributed by atoms with E-state index in [1.807, 2.05) is 50.2 Å². The standard InChI is InChI=1S/C17H20N2O3S/c1-3-18-15(20)11-19-17(21)16-13(22-4-2)10-14(23-16)12-8-6-5-7-9-12/h5-10H,3-4,11H2,1-2H3,(H,18,20)(H,19,21). The summed E-state index contributed by atoms with van der Waals surface area (Å²) in [5, 5.41) is 5.27. The van der Waals surface area contributed by atoms with Crippen molar-refractivity contribution in [3.05, 3.63) is 41.3 Å². The predicted molar refractivity (Wildman–Crippen MR) is 91.9 cm³/mol. The smallest absolute Gasteiger partial charge is 0.265 e. The van der Waals surface area contributed by atoms with E-state index in [0.29, 0.717) is 23.8 Å². The lowest BCUT2D eigenvalue weighted by molar-refractivity contribution is -0.120. The van der Waals surface area contributed by atoms with E-state index in [-0.39, 0.29) is 18.4 Å². The van der Waals surface area contributed by atoms with Crippen molar-refractivity contribution >= 4 is 23.2 Å². The van der Waals surface area contributed by atoms with Gasteiger partial charge in [-0.05, 0) is 25.5 Å². The number of thiophene rings is 1. The molecule has 0 saturated carbocycles. The van der Waals surface area contributed by atoms with Crippen LogP contribution in [0.15, 0.2) is 36.4 Å². The molecule has 2 aromatic rings. The highest BCUT2D eigenvalue weighted by Gasteiger charge is 2.18. The Morgan fingerprint density at radius 1 is 1.13 bits per heavy atom. The van der Waals surface area contributed by atoms with Crippen LogP contribution in [0.2, 0.25) is 0 Å². The van der Waals surface area contributed by atoms with E-state index in [1.165, 1.54) is 11.3 Å². The largest absolute Gasteiger partial charge is 0.492 e. The van der Waals surface area contributed by atoms with E-state index in [0.717, 1.165) is 10.4 Å². The van der Waals surface area contributed by atoms with Crippen molar-refractivity contribution in [3.63, 3.8) is 0 Å². The number of amides is 2. The Morgan fingerprint density at radius 2 is 1.87 bits per heavy atom. The molecule has 0 fully saturated rings. The van der Waals surface area contributed by atoms with E-state index in [4.69, 9.17) is 4.74 Å². The quantitative estimate of drug-likeness (QED) is 0.819. The maximum atomic E-state index is 12.3. The molecule has 23 heavy (non-hydrogen) atoms. The molecule has 0 bridgehead atoms. The van der Waals surface area contributed by atoms with Crippen LogP contribution < -0.4 is 15.4 Å². The van der Waals surface area contributed by atoms with Crippen LogP contribution in [-0.2, 0) is 4.79 Å². The second-order valence-corrected chi connectivity index (χ2v) is 5.79. The molecule has 122 valence electrons. The molecule has 1 aromatic carbocycles. The van der Waals surface area contributed by atoms with Gasteiger partial charge in [-0.1, -0.05) is 30.3 Å². The summed E-state index contributed by atoms with van der Waals surface area (Å²) in [6, 6.07) is 11.7. The molecule has 0 saturated heterocycles. The van der Waals surface area contributed by atoms with Crippen molar-refractivity contribution in [2.45, 2.75) is 13.8 Å². The molecular weight excluding hydrogens is 312 g/mol. The number of rotatable bonds is 7. The lowest BCUT2D eigenvalue weighted by atomic mass is 10.2. The van der Waals surface area contributed by atoms with Gasteiger partial charge >= 0.3 is 0 Å². The van der Waals surface area contributed by atoms with Gasteiger partial charge in [-0.3, -0.25) is 9.59 Å². The first-order valence-electron chi connectivity index (χ1n) is 7.52. The number of benzene rings is 1. The van der Waals surface area contributed by atoms with Crippen molar-refractivity contribution in [1.29, 1.82) is 0 Å². The third kappa shape index (κ3) is 4.56. The van der Waals surface area contributed by atoms with Crippen LogP contribution in [0.4, 0.5) is 0 Å². The van der Waals surface area contributed by atoms with Gasteiger partial charge in [0.1, 0.15) is 10.6 Å². The summed E-state index contributed by atoms with van der Waals surface area (Å²) in [7, 11) is 0. The van der Waals surface area contributed by atoms with Gasteiger partial charge in [0, 0.05) is 11.4 Å². The predicted octanol–water partition coefficient (Wildman–Crippen LogP) is 2.68. The Bertz CT molecular complexity index is 668. The van der Waals surface area contributed by atoms with Gasteiger partial charge in [0.2, 0.25) is 5.91 Å². The molecule has 0 aliphatic carbocycles. The first-order valence-corrected chi connectivity index (χ1v) is 8.34. The van der Waals surface area contributed by atoms with Crippen molar-refractivity contribution in [2.75, 3.05) is 19.7 Å². The summed E-state index contributed by atoms with van der Waals surface area (Å²) in [5.41, 5.74) is 1.03. The number of carbonyl (C=O) groups excluding carboxylic acids is 2. The normalized spacial score (nSPS) is 10.2. The van der Waals surface area contributed by atoms with Gasteiger partial charge in [0.25, 0.3) is 5.91 Å². The molecule has 5 nitrogen and oxygen atoms in total.